The number of amides is 1. The molecule has 108 valence electrons. The summed E-state index contributed by atoms with van der Waals surface area (Å²) in [5.41, 5.74) is -0.122. The second kappa shape index (κ2) is 5.81. The zero-order valence-electron chi connectivity index (χ0n) is 11.0. The van der Waals surface area contributed by atoms with Gasteiger partial charge < -0.3 is 20.2 Å². The van der Waals surface area contributed by atoms with Crippen molar-refractivity contribution in [1.82, 2.24) is 4.90 Å². The van der Waals surface area contributed by atoms with Crippen molar-refractivity contribution in [3.05, 3.63) is 23.8 Å². The molecule has 6 nitrogen and oxygen atoms in total. The molecule has 1 heterocycles. The number of nitrogens with zero attached hydrogens (tertiary/aromatic N) is 1. The molecule has 6 heteroatoms. The molecule has 1 aromatic rings. The van der Waals surface area contributed by atoms with Gasteiger partial charge in [-0.1, -0.05) is 6.07 Å². The van der Waals surface area contributed by atoms with E-state index in [0.717, 1.165) is 12.8 Å². The summed E-state index contributed by atoms with van der Waals surface area (Å²) in [5.74, 6) is -1.96. The summed E-state index contributed by atoms with van der Waals surface area (Å²) in [4.78, 5) is 24.6. The van der Waals surface area contributed by atoms with E-state index in [4.69, 9.17) is 5.11 Å². The Morgan fingerprint density at radius 2 is 1.90 bits per heavy atom. The Morgan fingerprint density at radius 1 is 1.25 bits per heavy atom. The van der Waals surface area contributed by atoms with Crippen molar-refractivity contribution in [2.75, 3.05) is 13.1 Å². The molecule has 0 spiro atoms. The monoisotopic (exact) mass is 279 g/mol. The fourth-order valence-electron chi connectivity index (χ4n) is 2.57. The van der Waals surface area contributed by atoms with Gasteiger partial charge in [0.1, 0.15) is 17.1 Å². The number of likely N-dealkylation sites (tertiary alicyclic amines) is 1. The lowest BCUT2D eigenvalue weighted by Gasteiger charge is -2.32. The molecule has 1 atom stereocenters. The van der Waals surface area contributed by atoms with E-state index >= 15 is 0 Å². The van der Waals surface area contributed by atoms with Crippen LogP contribution < -0.4 is 0 Å². The minimum absolute atomic E-state index is 0.0243. The predicted octanol–water partition coefficient (Wildman–Crippen LogP) is 1.42. The Bertz CT molecular complexity index is 508. The molecule has 1 amide bonds. The minimum Gasteiger partial charge on any atom is -0.507 e. The van der Waals surface area contributed by atoms with Crippen LogP contribution in [0.5, 0.6) is 11.5 Å². The van der Waals surface area contributed by atoms with Crippen LogP contribution in [0.1, 0.15) is 29.6 Å². The summed E-state index contributed by atoms with van der Waals surface area (Å²) in [5, 5.41) is 28.2. The summed E-state index contributed by atoms with van der Waals surface area (Å²) in [6.45, 7) is 0.835. The van der Waals surface area contributed by atoms with Crippen molar-refractivity contribution in [3.63, 3.8) is 0 Å². The van der Waals surface area contributed by atoms with Crippen molar-refractivity contribution in [3.8, 4) is 11.5 Å². The Kier molecular flexibility index (Phi) is 4.12. The van der Waals surface area contributed by atoms with E-state index in [1.807, 2.05) is 0 Å². The standard InChI is InChI=1S/C14H17NO5/c16-10-4-1-5-11(17)13(10)14(20)15-6-2-3-9(8-15)7-12(18)19/h1,4-5,9,16-17H,2-3,6-8H2,(H,18,19). The zero-order valence-corrected chi connectivity index (χ0v) is 11.0. The normalized spacial score (nSPS) is 18.8. The Labute approximate surface area is 116 Å². The number of carboxylic acid groups (broad SMARTS) is 1. The molecule has 0 aliphatic carbocycles. The zero-order chi connectivity index (χ0) is 14.7. The Hall–Kier alpha value is -2.24. The van der Waals surface area contributed by atoms with Crippen molar-refractivity contribution < 1.29 is 24.9 Å². The van der Waals surface area contributed by atoms with E-state index in [9.17, 15) is 19.8 Å². The highest BCUT2D eigenvalue weighted by Gasteiger charge is 2.28. The first-order chi connectivity index (χ1) is 9.49. The summed E-state index contributed by atoms with van der Waals surface area (Å²) in [6, 6.07) is 4.13. The second-order valence-electron chi connectivity index (χ2n) is 5.03. The third-order valence-electron chi connectivity index (χ3n) is 3.50. The van der Waals surface area contributed by atoms with Gasteiger partial charge in [0, 0.05) is 19.5 Å². The van der Waals surface area contributed by atoms with Gasteiger partial charge in [0.05, 0.1) is 0 Å². The van der Waals surface area contributed by atoms with E-state index in [2.05, 4.69) is 0 Å². The van der Waals surface area contributed by atoms with Crippen molar-refractivity contribution in [1.29, 1.82) is 0 Å². The van der Waals surface area contributed by atoms with Crippen molar-refractivity contribution >= 4 is 11.9 Å². The highest BCUT2D eigenvalue weighted by atomic mass is 16.4. The number of aliphatic carboxylic acids is 1. The molecular weight excluding hydrogens is 262 g/mol. The molecule has 0 radical (unpaired) electrons. The molecule has 3 N–H and O–H groups in total. The van der Waals surface area contributed by atoms with Crippen LogP contribution in [0.4, 0.5) is 0 Å². The Balaban J connectivity index is 2.14. The van der Waals surface area contributed by atoms with Gasteiger partial charge in [-0.25, -0.2) is 0 Å². The topological polar surface area (TPSA) is 98.1 Å². The summed E-state index contributed by atoms with van der Waals surface area (Å²) in [6.07, 6.45) is 1.51. The van der Waals surface area contributed by atoms with E-state index in [0.29, 0.717) is 13.1 Å². The largest absolute Gasteiger partial charge is 0.507 e. The summed E-state index contributed by atoms with van der Waals surface area (Å²) < 4.78 is 0. The highest BCUT2D eigenvalue weighted by Crippen LogP contribution is 2.29. The average molecular weight is 279 g/mol. The van der Waals surface area contributed by atoms with E-state index < -0.39 is 11.9 Å². The number of carbonyl (C=O) groups is 2. The van der Waals surface area contributed by atoms with Gasteiger partial charge in [0.25, 0.3) is 5.91 Å². The van der Waals surface area contributed by atoms with Gasteiger partial charge in [-0.05, 0) is 30.9 Å². The molecule has 2 rings (SSSR count). The van der Waals surface area contributed by atoms with Crippen LogP contribution in [0.25, 0.3) is 0 Å². The molecule has 1 aromatic carbocycles. The molecule has 0 bridgehead atoms. The van der Waals surface area contributed by atoms with Crippen molar-refractivity contribution in [2.45, 2.75) is 19.3 Å². The van der Waals surface area contributed by atoms with Gasteiger partial charge in [-0.2, -0.15) is 0 Å². The van der Waals surface area contributed by atoms with Crippen LogP contribution >= 0.6 is 0 Å². The first-order valence-electron chi connectivity index (χ1n) is 6.51. The van der Waals surface area contributed by atoms with E-state index in [1.54, 1.807) is 0 Å². The highest BCUT2D eigenvalue weighted by molar-refractivity contribution is 5.99. The third kappa shape index (κ3) is 3.01. The summed E-state index contributed by atoms with van der Waals surface area (Å²) in [7, 11) is 0. The summed E-state index contributed by atoms with van der Waals surface area (Å²) >= 11 is 0. The minimum atomic E-state index is -0.880. The number of rotatable bonds is 3. The van der Waals surface area contributed by atoms with Crippen LogP contribution in [0.15, 0.2) is 18.2 Å². The number of piperidine rings is 1. The second-order valence-corrected chi connectivity index (χ2v) is 5.03. The maximum Gasteiger partial charge on any atom is 0.303 e. The lowest BCUT2D eigenvalue weighted by Crippen LogP contribution is -2.40. The first-order valence-corrected chi connectivity index (χ1v) is 6.51. The molecule has 1 saturated heterocycles. The molecule has 1 unspecified atom stereocenters. The molecule has 0 saturated carbocycles. The predicted molar refractivity (Wildman–Crippen MR) is 70.7 cm³/mol. The SMILES string of the molecule is O=C(O)CC1CCCN(C(=O)c2c(O)cccc2O)C1. The number of phenols is 2. The van der Waals surface area contributed by atoms with Gasteiger partial charge in [0.15, 0.2) is 0 Å². The third-order valence-corrected chi connectivity index (χ3v) is 3.50. The molecule has 20 heavy (non-hydrogen) atoms. The smallest absolute Gasteiger partial charge is 0.303 e. The average Bonchev–Trinajstić information content (AvgIpc) is 2.38. The van der Waals surface area contributed by atoms with Crippen LogP contribution in [-0.2, 0) is 4.79 Å². The molecule has 0 aromatic heterocycles. The lowest BCUT2D eigenvalue weighted by atomic mass is 9.94. The quantitative estimate of drug-likeness (QED) is 0.777. The number of carboxylic acids is 1. The number of carbonyl (C=O) groups excluding carboxylic acids is 1. The molecule has 1 fully saturated rings. The first kappa shape index (κ1) is 14.2. The number of phenolic OH excluding ortho intramolecular Hbond substituents is 2. The van der Waals surface area contributed by atoms with Crippen LogP contribution in [0, 0.1) is 5.92 Å². The molecular formula is C14H17NO5. The van der Waals surface area contributed by atoms with Crippen LogP contribution in [0.2, 0.25) is 0 Å². The fourth-order valence-corrected chi connectivity index (χ4v) is 2.57. The number of benzene rings is 1. The molecule has 1 aliphatic rings. The van der Waals surface area contributed by atoms with Crippen LogP contribution in [0.3, 0.4) is 0 Å². The van der Waals surface area contributed by atoms with Crippen LogP contribution in [-0.4, -0.2) is 45.2 Å². The number of hydrogen-bond acceptors (Lipinski definition) is 4. The van der Waals surface area contributed by atoms with Crippen molar-refractivity contribution in [2.24, 2.45) is 5.92 Å². The fraction of sp³-hybridized carbons (Fsp3) is 0.429. The van der Waals surface area contributed by atoms with Gasteiger partial charge in [0.2, 0.25) is 0 Å². The molecule has 1 aliphatic heterocycles. The van der Waals surface area contributed by atoms with E-state index in [1.165, 1.54) is 23.1 Å². The lowest BCUT2D eigenvalue weighted by molar-refractivity contribution is -0.138. The van der Waals surface area contributed by atoms with E-state index in [-0.39, 0.29) is 29.4 Å². The number of hydrogen-bond donors (Lipinski definition) is 3. The maximum atomic E-state index is 12.3. The Morgan fingerprint density at radius 3 is 2.50 bits per heavy atom. The number of aromatic hydroxyl groups is 2. The van der Waals surface area contributed by atoms with Gasteiger partial charge >= 0.3 is 5.97 Å². The maximum absolute atomic E-state index is 12.3. The van der Waals surface area contributed by atoms with Gasteiger partial charge in [-0.15, -0.1) is 0 Å². The van der Waals surface area contributed by atoms with Gasteiger partial charge in [-0.3, -0.25) is 9.59 Å².